The van der Waals surface area contributed by atoms with Crippen LogP contribution in [0.1, 0.15) is 23.6 Å². The number of nitrogens with zero attached hydrogens (tertiary/aromatic N) is 3. The number of benzene rings is 2. The molecule has 0 radical (unpaired) electrons. The van der Waals surface area contributed by atoms with Crippen molar-refractivity contribution in [3.63, 3.8) is 0 Å². The van der Waals surface area contributed by atoms with Crippen LogP contribution in [-0.2, 0) is 9.53 Å². The number of rotatable bonds is 3. The third-order valence-electron chi connectivity index (χ3n) is 5.38. The third-order valence-corrected chi connectivity index (χ3v) is 5.38. The zero-order valence-electron chi connectivity index (χ0n) is 16.6. The Morgan fingerprint density at radius 2 is 1.61 bits per heavy atom. The van der Waals surface area contributed by atoms with E-state index in [0.717, 1.165) is 48.8 Å². The molecule has 0 unspecified atom stereocenters. The van der Waals surface area contributed by atoms with Gasteiger partial charge in [-0.1, -0.05) is 18.2 Å². The molecule has 1 saturated heterocycles. The van der Waals surface area contributed by atoms with Crippen LogP contribution < -0.4 is 9.91 Å². The van der Waals surface area contributed by atoms with E-state index in [-0.39, 0.29) is 5.91 Å². The predicted octanol–water partition coefficient (Wildman–Crippen LogP) is 3.95. The fourth-order valence-electron chi connectivity index (χ4n) is 3.49. The molecule has 1 amide bonds. The first-order chi connectivity index (χ1) is 13.5. The molecule has 0 N–H and O–H groups in total. The summed E-state index contributed by atoms with van der Waals surface area (Å²) < 4.78 is 5.41. The van der Waals surface area contributed by atoms with Gasteiger partial charge in [0, 0.05) is 18.8 Å². The lowest BCUT2D eigenvalue weighted by Gasteiger charge is -2.28. The first-order valence-corrected chi connectivity index (χ1v) is 9.65. The molecule has 0 bridgehead atoms. The normalized spacial score (nSPS) is 18.8. The van der Waals surface area contributed by atoms with Crippen LogP contribution in [0.5, 0.6) is 0 Å². The molecule has 1 fully saturated rings. The van der Waals surface area contributed by atoms with Crippen molar-refractivity contribution in [2.24, 2.45) is 5.10 Å². The molecule has 2 heterocycles. The van der Waals surface area contributed by atoms with Crippen LogP contribution in [0.2, 0.25) is 0 Å². The highest BCUT2D eigenvalue weighted by Crippen LogP contribution is 2.27. The Labute approximate surface area is 165 Å². The summed E-state index contributed by atoms with van der Waals surface area (Å²) in [6.45, 7) is 9.35. The minimum absolute atomic E-state index is 0.0852. The number of hydrogen-bond acceptors (Lipinski definition) is 4. The zero-order valence-corrected chi connectivity index (χ0v) is 16.6. The van der Waals surface area contributed by atoms with Gasteiger partial charge in [0.1, 0.15) is 0 Å². The predicted molar refractivity (Wildman–Crippen MR) is 114 cm³/mol. The fourth-order valence-corrected chi connectivity index (χ4v) is 3.49. The Morgan fingerprint density at radius 3 is 2.29 bits per heavy atom. The number of carbonyl (C=O) groups excluding carboxylic acids is 1. The van der Waals surface area contributed by atoms with Crippen molar-refractivity contribution in [2.45, 2.75) is 20.8 Å². The molecule has 2 aliphatic heterocycles. The van der Waals surface area contributed by atoms with Gasteiger partial charge < -0.3 is 9.64 Å². The molecule has 5 heteroatoms. The lowest BCUT2D eigenvalue weighted by Crippen LogP contribution is -2.36. The number of aryl methyl sites for hydroxylation is 2. The van der Waals surface area contributed by atoms with Gasteiger partial charge in [0.15, 0.2) is 0 Å². The van der Waals surface area contributed by atoms with Crippen LogP contribution >= 0.6 is 0 Å². The molecular weight excluding hydrogens is 350 g/mol. The summed E-state index contributed by atoms with van der Waals surface area (Å²) >= 11 is 0. The minimum Gasteiger partial charge on any atom is -0.378 e. The maximum absolute atomic E-state index is 13.0. The van der Waals surface area contributed by atoms with Crippen molar-refractivity contribution in [1.29, 1.82) is 0 Å². The second kappa shape index (κ2) is 7.60. The largest absolute Gasteiger partial charge is 0.378 e. The van der Waals surface area contributed by atoms with Crippen LogP contribution in [0.4, 0.5) is 11.4 Å². The van der Waals surface area contributed by atoms with E-state index < -0.39 is 0 Å². The van der Waals surface area contributed by atoms with Gasteiger partial charge in [-0.15, -0.1) is 0 Å². The van der Waals surface area contributed by atoms with Gasteiger partial charge in [-0.25, -0.2) is 0 Å². The first-order valence-electron chi connectivity index (χ1n) is 9.65. The van der Waals surface area contributed by atoms with E-state index in [0.29, 0.717) is 5.57 Å². The number of hydrazone groups is 1. The standard InChI is InChI=1S/C23H25N3O2/c1-16-4-7-21(14-17(16)2)26-23(27)22(18(3)24-26)15-19-5-8-20(9-6-19)25-10-12-28-13-11-25/h4-9,14-15H,10-13H2,1-3H3. The van der Waals surface area contributed by atoms with Crippen LogP contribution in [0.3, 0.4) is 0 Å². The Morgan fingerprint density at radius 1 is 0.929 bits per heavy atom. The summed E-state index contributed by atoms with van der Waals surface area (Å²) in [4.78, 5) is 15.3. The highest BCUT2D eigenvalue weighted by atomic mass is 16.5. The van der Waals surface area contributed by atoms with Gasteiger partial charge >= 0.3 is 0 Å². The van der Waals surface area contributed by atoms with Crippen molar-refractivity contribution in [2.75, 3.05) is 36.2 Å². The first kappa shape index (κ1) is 18.4. The maximum Gasteiger partial charge on any atom is 0.280 e. The number of amides is 1. The number of carbonyl (C=O) groups is 1. The Kier molecular flexibility index (Phi) is 5.01. The third kappa shape index (κ3) is 3.58. The molecule has 2 aromatic carbocycles. The topological polar surface area (TPSA) is 45.1 Å². The molecule has 2 aliphatic rings. The fraction of sp³-hybridized carbons (Fsp3) is 0.304. The molecule has 0 aliphatic carbocycles. The SMILES string of the molecule is CC1=NN(c2ccc(C)c(C)c2)C(=O)C1=Cc1ccc(N2CCOCC2)cc1. The van der Waals surface area contributed by atoms with Crippen molar-refractivity contribution in [3.8, 4) is 0 Å². The Balaban J connectivity index is 1.55. The van der Waals surface area contributed by atoms with E-state index in [2.05, 4.69) is 41.2 Å². The molecule has 144 valence electrons. The Bertz CT molecular complexity index is 954. The summed E-state index contributed by atoms with van der Waals surface area (Å²) in [5.74, 6) is -0.0852. The van der Waals surface area contributed by atoms with Crippen LogP contribution in [0.25, 0.3) is 6.08 Å². The van der Waals surface area contributed by atoms with Crippen molar-refractivity contribution in [1.82, 2.24) is 0 Å². The monoisotopic (exact) mass is 375 g/mol. The van der Waals surface area contributed by atoms with E-state index in [1.807, 2.05) is 38.1 Å². The van der Waals surface area contributed by atoms with E-state index in [9.17, 15) is 4.79 Å². The van der Waals surface area contributed by atoms with Crippen LogP contribution in [0, 0.1) is 13.8 Å². The Hall–Kier alpha value is -2.92. The molecule has 2 aromatic rings. The average Bonchev–Trinajstić information content (AvgIpc) is 2.99. The van der Waals surface area contributed by atoms with Gasteiger partial charge in [-0.05, 0) is 67.8 Å². The van der Waals surface area contributed by atoms with Crippen LogP contribution in [0.15, 0.2) is 53.1 Å². The van der Waals surface area contributed by atoms with Crippen molar-refractivity contribution in [3.05, 3.63) is 64.7 Å². The second-order valence-electron chi connectivity index (χ2n) is 7.32. The number of anilines is 2. The lowest BCUT2D eigenvalue weighted by molar-refractivity contribution is -0.114. The molecule has 0 saturated carbocycles. The lowest BCUT2D eigenvalue weighted by atomic mass is 10.1. The quantitative estimate of drug-likeness (QED) is 0.763. The number of hydrogen-bond donors (Lipinski definition) is 0. The zero-order chi connectivity index (χ0) is 19.7. The van der Waals surface area contributed by atoms with Gasteiger partial charge in [-0.3, -0.25) is 4.79 Å². The highest BCUT2D eigenvalue weighted by Gasteiger charge is 2.28. The minimum atomic E-state index is -0.0852. The van der Waals surface area contributed by atoms with E-state index >= 15 is 0 Å². The van der Waals surface area contributed by atoms with Gasteiger partial charge in [0.25, 0.3) is 5.91 Å². The summed E-state index contributed by atoms with van der Waals surface area (Å²) in [6, 6.07) is 14.3. The molecule has 28 heavy (non-hydrogen) atoms. The highest BCUT2D eigenvalue weighted by molar-refractivity contribution is 6.32. The summed E-state index contributed by atoms with van der Waals surface area (Å²) in [6.07, 6.45) is 1.92. The summed E-state index contributed by atoms with van der Waals surface area (Å²) in [5.41, 5.74) is 6.71. The summed E-state index contributed by atoms with van der Waals surface area (Å²) in [7, 11) is 0. The van der Waals surface area contributed by atoms with E-state index in [1.54, 1.807) is 0 Å². The molecule has 0 aromatic heterocycles. The van der Waals surface area contributed by atoms with Gasteiger partial charge in [-0.2, -0.15) is 10.1 Å². The van der Waals surface area contributed by atoms with Gasteiger partial charge in [0.2, 0.25) is 0 Å². The molecule has 0 atom stereocenters. The smallest absolute Gasteiger partial charge is 0.280 e. The number of ether oxygens (including phenoxy) is 1. The molecule has 0 spiro atoms. The average molecular weight is 375 g/mol. The number of morpholine rings is 1. The molecule has 5 nitrogen and oxygen atoms in total. The van der Waals surface area contributed by atoms with Crippen molar-refractivity contribution < 1.29 is 9.53 Å². The molecular formula is C23H25N3O2. The second-order valence-corrected chi connectivity index (χ2v) is 7.32. The van der Waals surface area contributed by atoms with E-state index in [1.165, 1.54) is 16.3 Å². The maximum atomic E-state index is 13.0. The van der Waals surface area contributed by atoms with Crippen LogP contribution in [-0.4, -0.2) is 37.9 Å². The van der Waals surface area contributed by atoms with E-state index in [4.69, 9.17) is 4.74 Å². The molecule has 4 rings (SSSR count). The van der Waals surface area contributed by atoms with Gasteiger partial charge in [0.05, 0.1) is 30.2 Å². The van der Waals surface area contributed by atoms with Crippen molar-refractivity contribution >= 4 is 29.1 Å². The summed E-state index contributed by atoms with van der Waals surface area (Å²) in [5, 5.41) is 5.98.